The summed E-state index contributed by atoms with van der Waals surface area (Å²) in [4.78, 5) is 29.1. The molecule has 1 N–H and O–H groups in total. The Kier molecular flexibility index (Phi) is 4.56. The van der Waals surface area contributed by atoms with Gasteiger partial charge in [0.25, 0.3) is 11.5 Å². The van der Waals surface area contributed by atoms with Crippen molar-refractivity contribution >= 4 is 5.91 Å². The van der Waals surface area contributed by atoms with E-state index in [0.717, 1.165) is 5.56 Å². The fourth-order valence-corrected chi connectivity index (χ4v) is 2.42. The van der Waals surface area contributed by atoms with E-state index in [1.54, 1.807) is 43.7 Å². The second kappa shape index (κ2) is 6.95. The van der Waals surface area contributed by atoms with E-state index in [1.165, 1.54) is 10.8 Å². The summed E-state index contributed by atoms with van der Waals surface area (Å²) in [5.41, 5.74) is 1.36. The zero-order valence-corrected chi connectivity index (χ0v) is 13.2. The van der Waals surface area contributed by atoms with Gasteiger partial charge >= 0.3 is 0 Å². The fourth-order valence-electron chi connectivity index (χ4n) is 2.42. The van der Waals surface area contributed by atoms with Gasteiger partial charge in [-0.05, 0) is 42.3 Å². The minimum absolute atomic E-state index is 0.146. The highest BCUT2D eigenvalue weighted by Gasteiger charge is 2.16. The summed E-state index contributed by atoms with van der Waals surface area (Å²) in [5, 5.41) is 2.72. The second-order valence-corrected chi connectivity index (χ2v) is 5.43. The first-order valence-corrected chi connectivity index (χ1v) is 7.54. The Hall–Kier alpha value is -3.15. The lowest BCUT2D eigenvalue weighted by Gasteiger charge is -2.11. The lowest BCUT2D eigenvalue weighted by atomic mass is 10.1. The summed E-state index contributed by atoms with van der Waals surface area (Å²) in [7, 11) is 0. The van der Waals surface area contributed by atoms with Crippen LogP contribution in [0.15, 0.2) is 64.4 Å². The van der Waals surface area contributed by atoms with Crippen molar-refractivity contribution in [3.8, 4) is 0 Å². The molecule has 1 amide bonds. The van der Waals surface area contributed by atoms with Crippen LogP contribution in [0.3, 0.4) is 0 Å². The lowest BCUT2D eigenvalue weighted by Crippen LogP contribution is -2.33. The Morgan fingerprint density at radius 1 is 1.29 bits per heavy atom. The molecule has 0 unspecified atom stereocenters. The molecule has 0 aromatic carbocycles. The highest BCUT2D eigenvalue weighted by molar-refractivity contribution is 5.95. The number of nitrogens with zero attached hydrogens (tertiary/aromatic N) is 2. The monoisotopic (exact) mass is 323 g/mol. The summed E-state index contributed by atoms with van der Waals surface area (Å²) in [6.07, 6.45) is 6.60. The molecule has 0 bridgehead atoms. The smallest absolute Gasteiger partial charge is 0.263 e. The first-order valence-electron chi connectivity index (χ1n) is 7.54. The van der Waals surface area contributed by atoms with E-state index in [-0.39, 0.29) is 17.7 Å². The molecule has 3 aromatic rings. The van der Waals surface area contributed by atoms with Crippen LogP contribution >= 0.6 is 0 Å². The van der Waals surface area contributed by atoms with Gasteiger partial charge in [0.05, 0.1) is 19.4 Å². The van der Waals surface area contributed by atoms with Crippen molar-refractivity contribution in [1.29, 1.82) is 0 Å². The van der Waals surface area contributed by atoms with Crippen molar-refractivity contribution in [1.82, 2.24) is 14.9 Å². The van der Waals surface area contributed by atoms with Gasteiger partial charge in [-0.3, -0.25) is 14.6 Å². The maximum absolute atomic E-state index is 12.7. The Bertz CT molecular complexity index is 884. The maximum atomic E-state index is 12.7. The molecule has 0 atom stereocenters. The molecule has 0 aliphatic rings. The average molecular weight is 323 g/mol. The number of hydrogen-bond acceptors (Lipinski definition) is 4. The quantitative estimate of drug-likeness (QED) is 0.780. The molecule has 24 heavy (non-hydrogen) atoms. The van der Waals surface area contributed by atoms with Gasteiger partial charge in [-0.2, -0.15) is 0 Å². The van der Waals surface area contributed by atoms with Crippen molar-refractivity contribution < 1.29 is 9.21 Å². The molecule has 0 aliphatic carbocycles. The minimum atomic E-state index is -0.408. The molecule has 3 rings (SSSR count). The minimum Gasteiger partial charge on any atom is -0.467 e. The lowest BCUT2D eigenvalue weighted by molar-refractivity contribution is 0.0945. The van der Waals surface area contributed by atoms with Crippen LogP contribution < -0.4 is 10.9 Å². The normalized spacial score (nSPS) is 10.5. The van der Waals surface area contributed by atoms with E-state index in [4.69, 9.17) is 4.42 Å². The van der Waals surface area contributed by atoms with Gasteiger partial charge in [-0.1, -0.05) is 6.07 Å². The highest BCUT2D eigenvalue weighted by atomic mass is 16.3. The topological polar surface area (TPSA) is 77.1 Å². The van der Waals surface area contributed by atoms with Gasteiger partial charge in [-0.15, -0.1) is 0 Å². The number of aryl methyl sites for hydroxylation is 1. The number of amides is 1. The highest BCUT2D eigenvalue weighted by Crippen LogP contribution is 2.06. The molecule has 6 heteroatoms. The molecule has 0 fully saturated rings. The largest absolute Gasteiger partial charge is 0.467 e. The molecule has 0 saturated heterocycles. The maximum Gasteiger partial charge on any atom is 0.263 e. The molecule has 0 spiro atoms. The van der Waals surface area contributed by atoms with Crippen LogP contribution in [0.5, 0.6) is 0 Å². The number of nitrogens with one attached hydrogen (secondary N) is 1. The van der Waals surface area contributed by atoms with Gasteiger partial charge in [0.1, 0.15) is 11.3 Å². The number of furan rings is 1. The number of carbonyl (C=O) groups excluding carboxylic acids is 1. The van der Waals surface area contributed by atoms with Crippen molar-refractivity contribution in [2.75, 3.05) is 0 Å². The van der Waals surface area contributed by atoms with Crippen LogP contribution in [0.1, 0.15) is 27.2 Å². The SMILES string of the molecule is Cc1ccn(Cc2cccnc2)c(=O)c1C(=O)NCc1ccco1. The average Bonchev–Trinajstić information content (AvgIpc) is 3.10. The molecule has 6 nitrogen and oxygen atoms in total. The molecular formula is C18H17N3O3. The van der Waals surface area contributed by atoms with Crippen LogP contribution in [0.2, 0.25) is 0 Å². The predicted octanol–water partition coefficient (Wildman–Crippen LogP) is 2.12. The van der Waals surface area contributed by atoms with Gasteiger partial charge in [0, 0.05) is 18.6 Å². The van der Waals surface area contributed by atoms with E-state index in [9.17, 15) is 9.59 Å². The van der Waals surface area contributed by atoms with E-state index in [0.29, 0.717) is 17.9 Å². The number of carbonyl (C=O) groups is 1. The van der Waals surface area contributed by atoms with Crippen molar-refractivity contribution in [2.45, 2.75) is 20.0 Å². The van der Waals surface area contributed by atoms with Crippen LogP contribution in [-0.2, 0) is 13.1 Å². The van der Waals surface area contributed by atoms with Crippen molar-refractivity contribution in [2.24, 2.45) is 0 Å². The van der Waals surface area contributed by atoms with Crippen molar-refractivity contribution in [3.05, 3.63) is 88.0 Å². The summed E-state index contributed by atoms with van der Waals surface area (Å²) in [6, 6.07) is 8.97. The Balaban J connectivity index is 1.83. The van der Waals surface area contributed by atoms with Crippen LogP contribution in [0.4, 0.5) is 0 Å². The summed E-state index contributed by atoms with van der Waals surface area (Å²) in [5.74, 6) is 0.224. The molecule has 3 aromatic heterocycles. The van der Waals surface area contributed by atoms with Crippen LogP contribution in [-0.4, -0.2) is 15.5 Å². The predicted molar refractivity (Wildman–Crippen MR) is 88.7 cm³/mol. The summed E-state index contributed by atoms with van der Waals surface area (Å²) < 4.78 is 6.68. The summed E-state index contributed by atoms with van der Waals surface area (Å²) >= 11 is 0. The van der Waals surface area contributed by atoms with E-state index in [2.05, 4.69) is 10.3 Å². The molecule has 3 heterocycles. The second-order valence-electron chi connectivity index (χ2n) is 5.43. The van der Waals surface area contributed by atoms with Gasteiger partial charge < -0.3 is 14.3 Å². The fraction of sp³-hybridized carbons (Fsp3) is 0.167. The van der Waals surface area contributed by atoms with E-state index in [1.807, 2.05) is 12.1 Å². The molecular weight excluding hydrogens is 306 g/mol. The zero-order valence-electron chi connectivity index (χ0n) is 13.2. The molecule has 0 saturated carbocycles. The van der Waals surface area contributed by atoms with Crippen molar-refractivity contribution in [3.63, 3.8) is 0 Å². The third-order valence-electron chi connectivity index (χ3n) is 3.68. The molecule has 0 aliphatic heterocycles. The zero-order chi connectivity index (χ0) is 16.9. The van der Waals surface area contributed by atoms with Crippen LogP contribution in [0.25, 0.3) is 0 Å². The molecule has 122 valence electrons. The Morgan fingerprint density at radius 3 is 2.88 bits per heavy atom. The van der Waals surface area contributed by atoms with Crippen LogP contribution in [0, 0.1) is 6.92 Å². The summed E-state index contributed by atoms with van der Waals surface area (Å²) in [6.45, 7) is 2.35. The van der Waals surface area contributed by atoms with Gasteiger partial charge in [0.15, 0.2) is 0 Å². The molecule has 0 radical (unpaired) electrons. The first kappa shape index (κ1) is 15.7. The van der Waals surface area contributed by atoms with Gasteiger partial charge in [-0.25, -0.2) is 0 Å². The first-order chi connectivity index (χ1) is 11.6. The Morgan fingerprint density at radius 2 is 2.17 bits per heavy atom. The standard InChI is InChI=1S/C18H17N3O3/c1-13-6-8-21(12-14-4-2-7-19-10-14)18(23)16(13)17(22)20-11-15-5-3-9-24-15/h2-10H,11-12H2,1H3,(H,20,22). The number of rotatable bonds is 5. The third-order valence-corrected chi connectivity index (χ3v) is 3.68. The third kappa shape index (κ3) is 3.43. The number of pyridine rings is 2. The Labute approximate surface area is 138 Å². The van der Waals surface area contributed by atoms with Gasteiger partial charge in [0.2, 0.25) is 0 Å². The van der Waals surface area contributed by atoms with E-state index >= 15 is 0 Å². The number of hydrogen-bond donors (Lipinski definition) is 1. The number of aromatic nitrogens is 2. The van der Waals surface area contributed by atoms with E-state index < -0.39 is 5.91 Å².